The van der Waals surface area contributed by atoms with Crippen LogP contribution in [0, 0.1) is 0 Å². The number of H-pyrrole nitrogens is 2. The van der Waals surface area contributed by atoms with Gasteiger partial charge in [0, 0.05) is 11.4 Å². The Balaban J connectivity index is 1.78. The molecule has 0 unspecified atom stereocenters. The normalized spacial score (nSPS) is 11.0. The van der Waals surface area contributed by atoms with Gasteiger partial charge in [0.25, 0.3) is 0 Å². The summed E-state index contributed by atoms with van der Waals surface area (Å²) in [5.74, 6) is 0. The number of halogens is 2. The number of nitrogens with one attached hydrogen (secondary N) is 3. The molecule has 0 aliphatic rings. The van der Waals surface area contributed by atoms with Crippen LogP contribution in [-0.2, 0) is 6.42 Å². The topological polar surface area (TPSA) is 60.7 Å². The summed E-state index contributed by atoms with van der Waals surface area (Å²) in [6.45, 7) is 0. The first-order valence-corrected chi connectivity index (χ1v) is 8.85. The van der Waals surface area contributed by atoms with Crippen LogP contribution >= 0.6 is 23.2 Å². The zero-order valence-electron chi connectivity index (χ0n) is 13.6. The molecule has 0 radical (unpaired) electrons. The predicted octanol–water partition coefficient (Wildman–Crippen LogP) is 5.50. The van der Waals surface area contributed by atoms with E-state index in [1.54, 1.807) is 6.07 Å². The van der Waals surface area contributed by atoms with Crippen LogP contribution in [0.1, 0.15) is 11.1 Å². The number of hydrogen-bond acceptors (Lipinski definition) is 2. The van der Waals surface area contributed by atoms with E-state index < -0.39 is 0 Å². The molecule has 4 rings (SSSR count). The van der Waals surface area contributed by atoms with Gasteiger partial charge < -0.3 is 15.3 Å². The van der Waals surface area contributed by atoms with Crippen molar-refractivity contribution in [1.29, 1.82) is 0 Å². The van der Waals surface area contributed by atoms with Crippen molar-refractivity contribution in [2.24, 2.45) is 0 Å². The van der Waals surface area contributed by atoms with Crippen molar-refractivity contribution < 1.29 is 0 Å². The van der Waals surface area contributed by atoms with Gasteiger partial charge in [-0.3, -0.25) is 0 Å². The molecule has 0 amide bonds. The van der Waals surface area contributed by atoms with E-state index >= 15 is 0 Å². The molecule has 3 aromatic carbocycles. The van der Waals surface area contributed by atoms with Gasteiger partial charge in [-0.25, -0.2) is 4.79 Å². The van der Waals surface area contributed by atoms with Crippen molar-refractivity contribution in [2.75, 3.05) is 5.32 Å². The summed E-state index contributed by atoms with van der Waals surface area (Å²) in [6.07, 6.45) is 0.648. The molecule has 6 heteroatoms. The third-order valence-electron chi connectivity index (χ3n) is 4.17. The molecular formula is C20H15Cl2N3O. The van der Waals surface area contributed by atoms with Gasteiger partial charge in [0.05, 0.1) is 21.1 Å². The molecule has 0 fully saturated rings. The van der Waals surface area contributed by atoms with E-state index in [0.29, 0.717) is 16.5 Å². The number of hydrogen-bond donors (Lipinski definition) is 3. The molecule has 1 aromatic heterocycles. The summed E-state index contributed by atoms with van der Waals surface area (Å²) in [5, 5.41) is 4.48. The summed E-state index contributed by atoms with van der Waals surface area (Å²) in [6, 6.07) is 19.4. The van der Waals surface area contributed by atoms with E-state index in [4.69, 9.17) is 23.2 Å². The SMILES string of the molecule is O=c1[nH]c2cc(Cc3ccc(Cl)c(Cl)c3)c(Nc3ccccc3)cc2[nH]1. The molecule has 130 valence electrons. The molecule has 3 N–H and O–H groups in total. The van der Waals surface area contributed by atoms with Crippen LogP contribution < -0.4 is 11.0 Å². The fourth-order valence-corrected chi connectivity index (χ4v) is 3.26. The largest absolute Gasteiger partial charge is 0.355 e. The Labute approximate surface area is 159 Å². The lowest BCUT2D eigenvalue weighted by Crippen LogP contribution is -1.99. The van der Waals surface area contributed by atoms with Gasteiger partial charge in [0.1, 0.15) is 0 Å². The third-order valence-corrected chi connectivity index (χ3v) is 4.91. The zero-order valence-corrected chi connectivity index (χ0v) is 15.2. The van der Waals surface area contributed by atoms with Gasteiger partial charge in [-0.15, -0.1) is 0 Å². The molecule has 0 aliphatic carbocycles. The zero-order chi connectivity index (χ0) is 18.1. The van der Waals surface area contributed by atoms with Crippen molar-refractivity contribution in [3.05, 3.63) is 92.3 Å². The number of anilines is 2. The second-order valence-corrected chi connectivity index (χ2v) is 6.86. The molecule has 0 aliphatic heterocycles. The molecular weight excluding hydrogens is 369 g/mol. The van der Waals surface area contributed by atoms with Gasteiger partial charge in [-0.05, 0) is 53.9 Å². The maximum absolute atomic E-state index is 11.6. The number of fused-ring (bicyclic) bond motifs is 1. The summed E-state index contributed by atoms with van der Waals surface area (Å²) in [7, 11) is 0. The number of imidazole rings is 1. The maximum atomic E-state index is 11.6. The first kappa shape index (κ1) is 16.8. The quantitative estimate of drug-likeness (QED) is 0.435. The first-order valence-electron chi connectivity index (χ1n) is 8.09. The summed E-state index contributed by atoms with van der Waals surface area (Å²) < 4.78 is 0. The average Bonchev–Trinajstić information content (AvgIpc) is 2.98. The van der Waals surface area contributed by atoms with Gasteiger partial charge in [0.15, 0.2) is 0 Å². The minimum Gasteiger partial charge on any atom is -0.355 e. The summed E-state index contributed by atoms with van der Waals surface area (Å²) in [5.41, 5.74) is 5.26. The van der Waals surface area contributed by atoms with Crippen LogP contribution in [0.4, 0.5) is 11.4 Å². The van der Waals surface area contributed by atoms with Gasteiger partial charge >= 0.3 is 5.69 Å². The fraction of sp³-hybridized carbons (Fsp3) is 0.0500. The van der Waals surface area contributed by atoms with Crippen LogP contribution in [0.25, 0.3) is 11.0 Å². The molecule has 4 aromatic rings. The first-order chi connectivity index (χ1) is 12.6. The van der Waals surface area contributed by atoms with E-state index in [9.17, 15) is 4.79 Å². The maximum Gasteiger partial charge on any atom is 0.323 e. The average molecular weight is 384 g/mol. The van der Waals surface area contributed by atoms with Crippen molar-refractivity contribution in [2.45, 2.75) is 6.42 Å². The highest BCUT2D eigenvalue weighted by atomic mass is 35.5. The minimum atomic E-state index is -0.225. The van der Waals surface area contributed by atoms with Gasteiger partial charge in [0.2, 0.25) is 0 Å². The highest BCUT2D eigenvalue weighted by molar-refractivity contribution is 6.42. The molecule has 1 heterocycles. The third kappa shape index (κ3) is 3.47. The smallest absolute Gasteiger partial charge is 0.323 e. The number of para-hydroxylation sites is 1. The monoisotopic (exact) mass is 383 g/mol. The van der Waals surface area contributed by atoms with E-state index in [1.807, 2.05) is 54.6 Å². The highest BCUT2D eigenvalue weighted by Crippen LogP contribution is 2.29. The minimum absolute atomic E-state index is 0.225. The van der Waals surface area contributed by atoms with Gasteiger partial charge in [-0.1, -0.05) is 47.5 Å². The lowest BCUT2D eigenvalue weighted by molar-refractivity contribution is 1.19. The van der Waals surface area contributed by atoms with Crippen LogP contribution in [0.5, 0.6) is 0 Å². The number of rotatable bonds is 4. The van der Waals surface area contributed by atoms with E-state index in [0.717, 1.165) is 33.5 Å². The van der Waals surface area contributed by atoms with Crippen molar-refractivity contribution in [1.82, 2.24) is 9.97 Å². The van der Waals surface area contributed by atoms with Gasteiger partial charge in [-0.2, -0.15) is 0 Å². The molecule has 26 heavy (non-hydrogen) atoms. The van der Waals surface area contributed by atoms with E-state index in [2.05, 4.69) is 15.3 Å². The Bertz CT molecular complexity index is 1130. The van der Waals surface area contributed by atoms with Crippen molar-refractivity contribution in [3.8, 4) is 0 Å². The van der Waals surface area contributed by atoms with Crippen molar-refractivity contribution >= 4 is 45.6 Å². The van der Waals surface area contributed by atoms with Crippen molar-refractivity contribution in [3.63, 3.8) is 0 Å². The standard InChI is InChI=1S/C20H15Cl2N3O/c21-15-7-6-12(9-16(15)22)8-13-10-18-19(25-20(26)24-18)11-17(13)23-14-4-2-1-3-5-14/h1-7,9-11,23H,8H2,(H2,24,25,26). The molecule has 0 saturated carbocycles. The molecule has 0 atom stereocenters. The molecule has 0 bridgehead atoms. The van der Waals surface area contributed by atoms with Crippen LogP contribution in [0.3, 0.4) is 0 Å². The number of aromatic amines is 2. The second-order valence-electron chi connectivity index (χ2n) is 6.05. The summed E-state index contributed by atoms with van der Waals surface area (Å²) in [4.78, 5) is 17.3. The van der Waals surface area contributed by atoms with Crippen LogP contribution in [0.15, 0.2) is 65.5 Å². The van der Waals surface area contributed by atoms with E-state index in [-0.39, 0.29) is 5.69 Å². The lowest BCUT2D eigenvalue weighted by atomic mass is 10.0. The predicted molar refractivity (Wildman–Crippen MR) is 108 cm³/mol. The Morgan fingerprint density at radius 2 is 1.58 bits per heavy atom. The Hall–Kier alpha value is -2.69. The molecule has 4 nitrogen and oxygen atoms in total. The fourth-order valence-electron chi connectivity index (χ4n) is 2.94. The second kappa shape index (κ2) is 6.90. The van der Waals surface area contributed by atoms with Crippen LogP contribution in [-0.4, -0.2) is 9.97 Å². The summed E-state index contributed by atoms with van der Waals surface area (Å²) >= 11 is 12.2. The van der Waals surface area contributed by atoms with E-state index in [1.165, 1.54) is 0 Å². The number of benzene rings is 3. The Kier molecular flexibility index (Phi) is 4.45. The Morgan fingerprint density at radius 1 is 0.846 bits per heavy atom. The lowest BCUT2D eigenvalue weighted by Gasteiger charge is -2.13. The Morgan fingerprint density at radius 3 is 2.31 bits per heavy atom. The van der Waals surface area contributed by atoms with Crippen LogP contribution in [0.2, 0.25) is 10.0 Å². The number of aromatic nitrogens is 2. The highest BCUT2D eigenvalue weighted by Gasteiger charge is 2.10. The molecule has 0 spiro atoms. The molecule has 0 saturated heterocycles.